The van der Waals surface area contributed by atoms with Crippen molar-refractivity contribution in [2.75, 3.05) is 13.7 Å². The first-order chi connectivity index (χ1) is 15.8. The topological polar surface area (TPSA) is 123 Å². The van der Waals surface area contributed by atoms with Crippen LogP contribution in [0.2, 0.25) is 0 Å². The zero-order valence-corrected chi connectivity index (χ0v) is 18.7. The van der Waals surface area contributed by atoms with Crippen molar-refractivity contribution in [2.24, 2.45) is 0 Å². The van der Waals surface area contributed by atoms with Gasteiger partial charge in [0.25, 0.3) is 0 Å². The molecule has 0 aliphatic carbocycles. The van der Waals surface area contributed by atoms with E-state index in [0.717, 1.165) is 0 Å². The molecule has 0 aromatic heterocycles. The molecule has 0 amide bonds. The van der Waals surface area contributed by atoms with E-state index in [4.69, 9.17) is 24.8 Å². The molecular formula is C25H28O8. The van der Waals surface area contributed by atoms with Crippen molar-refractivity contribution in [2.45, 2.75) is 20.1 Å². The molecule has 3 rings (SSSR count). The van der Waals surface area contributed by atoms with Crippen molar-refractivity contribution in [3.63, 3.8) is 0 Å². The van der Waals surface area contributed by atoms with Gasteiger partial charge in [-0.15, -0.1) is 0 Å². The molecule has 3 aromatic carbocycles. The van der Waals surface area contributed by atoms with Crippen LogP contribution in [0, 0.1) is 0 Å². The van der Waals surface area contributed by atoms with E-state index in [1.807, 2.05) is 18.2 Å². The lowest BCUT2D eigenvalue weighted by molar-refractivity contribution is -0.000309. The minimum Gasteiger partial charge on any atom is -0.508 e. The smallest absolute Gasteiger partial charge is 0.338 e. The molecule has 1 unspecified atom stereocenters. The molecule has 33 heavy (non-hydrogen) atoms. The van der Waals surface area contributed by atoms with Crippen LogP contribution in [0.5, 0.6) is 17.2 Å². The minimum absolute atomic E-state index is 0.137. The van der Waals surface area contributed by atoms with E-state index < -0.39 is 12.3 Å². The molecule has 0 saturated heterocycles. The first-order valence-corrected chi connectivity index (χ1v) is 10.00. The van der Waals surface area contributed by atoms with Gasteiger partial charge in [-0.1, -0.05) is 18.2 Å². The maximum absolute atomic E-state index is 11.1. The summed E-state index contributed by atoms with van der Waals surface area (Å²) in [5, 5.41) is 26.6. The Kier molecular flexibility index (Phi) is 12.2. The van der Waals surface area contributed by atoms with Gasteiger partial charge in [-0.05, 0) is 74.5 Å². The highest BCUT2D eigenvalue weighted by Gasteiger charge is 2.04. The standard InChI is InChI=1S/C9H10O3.C8H8O3.C8H10O2/c1-2-12-9(11)7-3-5-8(10)6-4-7;1-11-8(10)6-2-4-7(9)5-3-6;1-7(9)10-8-5-3-2-4-6-8/h3-6,10H,2H2,1H3;2-5,9H,1H3;2-7,9H,1H3. The number of phenols is 2. The van der Waals surface area contributed by atoms with Gasteiger partial charge >= 0.3 is 11.9 Å². The average molecular weight is 456 g/mol. The number of aliphatic hydroxyl groups excluding tert-OH is 1. The van der Waals surface area contributed by atoms with Crippen LogP contribution in [0.1, 0.15) is 34.6 Å². The van der Waals surface area contributed by atoms with Crippen LogP contribution >= 0.6 is 0 Å². The van der Waals surface area contributed by atoms with Crippen LogP contribution in [0.25, 0.3) is 0 Å². The van der Waals surface area contributed by atoms with Crippen LogP contribution < -0.4 is 4.74 Å². The first-order valence-electron chi connectivity index (χ1n) is 10.00. The highest BCUT2D eigenvalue weighted by Crippen LogP contribution is 2.11. The van der Waals surface area contributed by atoms with Crippen molar-refractivity contribution < 1.29 is 39.1 Å². The summed E-state index contributed by atoms with van der Waals surface area (Å²) < 4.78 is 14.2. The molecule has 0 fully saturated rings. The Morgan fingerprint density at radius 3 is 1.64 bits per heavy atom. The molecule has 1 atom stereocenters. The van der Waals surface area contributed by atoms with E-state index in [1.54, 1.807) is 26.0 Å². The number of benzene rings is 3. The summed E-state index contributed by atoms with van der Waals surface area (Å²) in [5.41, 5.74) is 0.889. The second-order valence-electron chi connectivity index (χ2n) is 6.34. The molecule has 0 saturated carbocycles. The third kappa shape index (κ3) is 11.2. The Hall–Kier alpha value is -4.04. The van der Waals surface area contributed by atoms with Gasteiger partial charge in [0.2, 0.25) is 0 Å². The van der Waals surface area contributed by atoms with E-state index in [-0.39, 0.29) is 17.5 Å². The summed E-state index contributed by atoms with van der Waals surface area (Å²) >= 11 is 0. The number of carbonyl (C=O) groups is 2. The molecule has 8 nitrogen and oxygen atoms in total. The number of rotatable bonds is 5. The number of ether oxygens (including phenoxy) is 3. The maximum atomic E-state index is 11.1. The number of aliphatic hydroxyl groups is 1. The molecule has 3 aromatic rings. The number of aromatic hydroxyl groups is 2. The lowest BCUT2D eigenvalue weighted by Gasteiger charge is -2.06. The van der Waals surface area contributed by atoms with E-state index in [2.05, 4.69) is 4.74 Å². The Morgan fingerprint density at radius 1 is 0.788 bits per heavy atom. The fourth-order valence-electron chi connectivity index (χ4n) is 2.22. The number of hydrogen-bond donors (Lipinski definition) is 3. The number of carbonyl (C=O) groups excluding carboxylic acids is 2. The minimum atomic E-state index is -0.734. The number of methoxy groups -OCH3 is 1. The van der Waals surface area contributed by atoms with Gasteiger partial charge in [-0.25, -0.2) is 9.59 Å². The quantitative estimate of drug-likeness (QED) is 0.387. The highest BCUT2D eigenvalue weighted by molar-refractivity contribution is 5.89. The molecule has 0 aliphatic rings. The van der Waals surface area contributed by atoms with Gasteiger partial charge < -0.3 is 29.5 Å². The SMILES string of the molecule is CC(O)Oc1ccccc1.CCOC(=O)c1ccc(O)cc1.COC(=O)c1ccc(O)cc1. The Bertz CT molecular complexity index is 952. The van der Waals surface area contributed by atoms with Crippen molar-refractivity contribution in [3.8, 4) is 17.2 Å². The van der Waals surface area contributed by atoms with E-state index in [9.17, 15) is 9.59 Å². The zero-order chi connectivity index (χ0) is 24.6. The predicted molar refractivity (Wildman–Crippen MR) is 122 cm³/mol. The first kappa shape index (κ1) is 27.0. The summed E-state index contributed by atoms with van der Waals surface area (Å²) in [6.07, 6.45) is -0.734. The largest absolute Gasteiger partial charge is 0.508 e. The third-order valence-corrected chi connectivity index (χ3v) is 3.72. The monoisotopic (exact) mass is 456 g/mol. The molecule has 176 valence electrons. The Balaban J connectivity index is 0.000000249. The van der Waals surface area contributed by atoms with Crippen LogP contribution in [0.15, 0.2) is 78.9 Å². The molecule has 0 spiro atoms. The summed E-state index contributed by atoms with van der Waals surface area (Å²) in [6.45, 7) is 3.69. The summed E-state index contributed by atoms with van der Waals surface area (Å²) in [6, 6.07) is 21.0. The molecule has 0 heterocycles. The molecule has 3 N–H and O–H groups in total. The van der Waals surface area contributed by atoms with E-state index in [1.165, 1.54) is 55.6 Å². The fraction of sp³-hybridized carbons (Fsp3) is 0.200. The van der Waals surface area contributed by atoms with Gasteiger partial charge in [-0.3, -0.25) is 0 Å². The number of para-hydroxylation sites is 1. The van der Waals surface area contributed by atoms with Crippen molar-refractivity contribution >= 4 is 11.9 Å². The lowest BCUT2D eigenvalue weighted by Crippen LogP contribution is -2.08. The lowest BCUT2D eigenvalue weighted by atomic mass is 10.2. The average Bonchev–Trinajstić information content (AvgIpc) is 2.81. The van der Waals surface area contributed by atoms with Crippen LogP contribution in [-0.2, 0) is 9.47 Å². The summed E-state index contributed by atoms with van der Waals surface area (Å²) in [4.78, 5) is 21.9. The van der Waals surface area contributed by atoms with Gasteiger partial charge in [0.1, 0.15) is 17.2 Å². The van der Waals surface area contributed by atoms with Crippen LogP contribution in [-0.4, -0.2) is 47.3 Å². The number of hydrogen-bond acceptors (Lipinski definition) is 8. The van der Waals surface area contributed by atoms with E-state index >= 15 is 0 Å². The summed E-state index contributed by atoms with van der Waals surface area (Å²) in [7, 11) is 1.31. The Labute approximate surface area is 192 Å². The van der Waals surface area contributed by atoms with Crippen molar-refractivity contribution in [1.29, 1.82) is 0 Å². The summed E-state index contributed by atoms with van der Waals surface area (Å²) in [5.74, 6) is 0.209. The molecule has 0 radical (unpaired) electrons. The zero-order valence-electron chi connectivity index (χ0n) is 18.7. The van der Waals surface area contributed by atoms with Crippen molar-refractivity contribution in [3.05, 3.63) is 90.0 Å². The molecule has 8 heteroatoms. The van der Waals surface area contributed by atoms with Gasteiger partial charge in [0.05, 0.1) is 24.8 Å². The second kappa shape index (κ2) is 14.9. The molecule has 0 bridgehead atoms. The van der Waals surface area contributed by atoms with Crippen molar-refractivity contribution in [1.82, 2.24) is 0 Å². The maximum Gasteiger partial charge on any atom is 0.338 e. The molecular weight excluding hydrogens is 428 g/mol. The number of esters is 2. The normalized spacial score (nSPS) is 10.3. The number of phenolic OH excluding ortho intramolecular Hbond substituents is 2. The second-order valence-corrected chi connectivity index (χ2v) is 6.34. The van der Waals surface area contributed by atoms with Gasteiger partial charge in [0.15, 0.2) is 6.29 Å². The van der Waals surface area contributed by atoms with Gasteiger partial charge in [-0.2, -0.15) is 0 Å². The van der Waals surface area contributed by atoms with E-state index in [0.29, 0.717) is 23.5 Å². The van der Waals surface area contributed by atoms with Gasteiger partial charge in [0, 0.05) is 0 Å². The fourth-order valence-corrected chi connectivity index (χ4v) is 2.22. The highest BCUT2D eigenvalue weighted by atomic mass is 16.6. The molecule has 0 aliphatic heterocycles. The Morgan fingerprint density at radius 2 is 1.24 bits per heavy atom. The third-order valence-electron chi connectivity index (χ3n) is 3.72. The van der Waals surface area contributed by atoms with Crippen LogP contribution in [0.4, 0.5) is 0 Å². The predicted octanol–water partition coefficient (Wildman–Crippen LogP) is 4.15. The van der Waals surface area contributed by atoms with Crippen LogP contribution in [0.3, 0.4) is 0 Å².